The minimum atomic E-state index is -5.08. The number of carbonyl (C=O) groups excluding carboxylic acids is 2. The summed E-state index contributed by atoms with van der Waals surface area (Å²) in [6.45, 7) is 3.36. The SMILES string of the molecule is CC(C)(Cc1ccccc1)C(=O)C(OC(=O)N1CCN(C(c2ccc(F)cc2)c2ccc(F)cc2)CC1)C(F)(F)F. The van der Waals surface area contributed by atoms with E-state index in [1.54, 1.807) is 54.6 Å². The Kier molecular flexibility index (Phi) is 9.11. The molecular formula is C31H31F5N2O3. The Morgan fingerprint density at radius 1 is 0.780 bits per heavy atom. The van der Waals surface area contributed by atoms with Crippen molar-refractivity contribution in [2.75, 3.05) is 26.2 Å². The Labute approximate surface area is 235 Å². The second-order valence-electron chi connectivity index (χ2n) is 10.7. The number of Topliss-reactive ketones (excluding diaryl/α,β-unsaturated/α-hetero) is 1. The zero-order valence-corrected chi connectivity index (χ0v) is 22.7. The second kappa shape index (κ2) is 12.4. The quantitative estimate of drug-likeness (QED) is 0.286. The number of ketones is 1. The van der Waals surface area contributed by atoms with E-state index >= 15 is 0 Å². The summed E-state index contributed by atoms with van der Waals surface area (Å²) in [6.07, 6.45) is -9.17. The average Bonchev–Trinajstić information content (AvgIpc) is 2.93. The van der Waals surface area contributed by atoms with Crippen molar-refractivity contribution in [1.29, 1.82) is 0 Å². The van der Waals surface area contributed by atoms with Crippen molar-refractivity contribution in [1.82, 2.24) is 9.80 Å². The number of carbonyl (C=O) groups is 2. The molecule has 3 aromatic rings. The molecule has 41 heavy (non-hydrogen) atoms. The predicted octanol–water partition coefficient (Wildman–Crippen LogP) is 6.58. The van der Waals surface area contributed by atoms with Crippen LogP contribution < -0.4 is 0 Å². The van der Waals surface area contributed by atoms with E-state index in [1.807, 2.05) is 4.90 Å². The van der Waals surface area contributed by atoms with Crippen LogP contribution in [0.2, 0.25) is 0 Å². The van der Waals surface area contributed by atoms with Crippen LogP contribution in [0.25, 0.3) is 0 Å². The van der Waals surface area contributed by atoms with Gasteiger partial charge in [0, 0.05) is 31.6 Å². The van der Waals surface area contributed by atoms with Crippen molar-refractivity contribution in [2.24, 2.45) is 5.41 Å². The summed E-state index contributed by atoms with van der Waals surface area (Å²) in [5.41, 5.74) is 0.707. The van der Waals surface area contributed by atoms with E-state index in [1.165, 1.54) is 38.1 Å². The molecule has 1 saturated heterocycles. The molecule has 1 amide bonds. The lowest BCUT2D eigenvalue weighted by molar-refractivity contribution is -0.210. The molecule has 218 valence electrons. The number of amides is 1. The summed E-state index contributed by atoms with van der Waals surface area (Å²) in [5.74, 6) is -2.06. The number of rotatable bonds is 8. The highest BCUT2D eigenvalue weighted by molar-refractivity contribution is 5.91. The Bertz CT molecular complexity index is 1280. The molecule has 0 spiro atoms. The summed E-state index contributed by atoms with van der Waals surface area (Å²) < 4.78 is 74.0. The Morgan fingerprint density at radius 2 is 1.27 bits per heavy atom. The van der Waals surface area contributed by atoms with Gasteiger partial charge in [0.15, 0.2) is 5.78 Å². The van der Waals surface area contributed by atoms with Crippen LogP contribution in [-0.4, -0.2) is 60.1 Å². The maximum atomic E-state index is 14.0. The summed E-state index contributed by atoms with van der Waals surface area (Å²) in [6, 6.07) is 19.9. The van der Waals surface area contributed by atoms with Crippen LogP contribution in [0, 0.1) is 17.0 Å². The van der Waals surface area contributed by atoms with Gasteiger partial charge in [0.2, 0.25) is 0 Å². The van der Waals surface area contributed by atoms with Gasteiger partial charge in [-0.3, -0.25) is 9.69 Å². The van der Waals surface area contributed by atoms with Crippen LogP contribution in [0.3, 0.4) is 0 Å². The highest BCUT2D eigenvalue weighted by atomic mass is 19.4. The lowest BCUT2D eigenvalue weighted by Gasteiger charge is -2.40. The van der Waals surface area contributed by atoms with Crippen LogP contribution >= 0.6 is 0 Å². The largest absolute Gasteiger partial charge is 0.432 e. The van der Waals surface area contributed by atoms with Crippen molar-refractivity contribution in [3.05, 3.63) is 107 Å². The van der Waals surface area contributed by atoms with Gasteiger partial charge >= 0.3 is 12.3 Å². The predicted molar refractivity (Wildman–Crippen MR) is 143 cm³/mol. The molecule has 1 unspecified atom stereocenters. The van der Waals surface area contributed by atoms with Gasteiger partial charge < -0.3 is 9.64 Å². The molecule has 1 atom stereocenters. The lowest BCUT2D eigenvalue weighted by atomic mass is 9.79. The first-order valence-corrected chi connectivity index (χ1v) is 13.2. The maximum absolute atomic E-state index is 14.0. The van der Waals surface area contributed by atoms with Crippen LogP contribution in [-0.2, 0) is 16.0 Å². The van der Waals surface area contributed by atoms with Gasteiger partial charge in [0.25, 0.3) is 6.10 Å². The number of ether oxygens (including phenoxy) is 1. The number of halogens is 5. The molecule has 0 bridgehead atoms. The molecule has 0 aliphatic carbocycles. The lowest BCUT2D eigenvalue weighted by Crippen LogP contribution is -2.53. The van der Waals surface area contributed by atoms with Crippen molar-refractivity contribution in [3.8, 4) is 0 Å². The number of piperazine rings is 1. The molecule has 4 rings (SSSR count). The van der Waals surface area contributed by atoms with E-state index in [9.17, 15) is 31.5 Å². The molecule has 5 nitrogen and oxygen atoms in total. The molecule has 10 heteroatoms. The fraction of sp³-hybridized carbons (Fsp3) is 0.355. The highest BCUT2D eigenvalue weighted by Gasteiger charge is 2.52. The maximum Gasteiger partial charge on any atom is 0.432 e. The van der Waals surface area contributed by atoms with Crippen LogP contribution in [0.1, 0.15) is 36.6 Å². The van der Waals surface area contributed by atoms with E-state index in [4.69, 9.17) is 4.74 Å². The minimum Gasteiger partial charge on any atom is -0.428 e. The fourth-order valence-corrected chi connectivity index (χ4v) is 5.06. The van der Waals surface area contributed by atoms with Crippen molar-refractivity contribution in [3.63, 3.8) is 0 Å². The Morgan fingerprint density at radius 3 is 1.73 bits per heavy atom. The van der Waals surface area contributed by atoms with E-state index in [0.717, 1.165) is 16.0 Å². The third-order valence-corrected chi connectivity index (χ3v) is 7.22. The summed E-state index contributed by atoms with van der Waals surface area (Å²) >= 11 is 0. The van der Waals surface area contributed by atoms with Gasteiger partial charge in [0.1, 0.15) is 11.6 Å². The normalized spacial score (nSPS) is 15.6. The first-order valence-electron chi connectivity index (χ1n) is 13.2. The van der Waals surface area contributed by atoms with Gasteiger partial charge in [-0.25, -0.2) is 13.6 Å². The summed E-state index contributed by atoms with van der Waals surface area (Å²) in [4.78, 5) is 29.1. The number of hydrogen-bond acceptors (Lipinski definition) is 4. The first kappa shape index (κ1) is 30.2. The summed E-state index contributed by atoms with van der Waals surface area (Å²) in [5, 5.41) is 0. The smallest absolute Gasteiger partial charge is 0.428 e. The standard InChI is InChI=1S/C31H31F5N2O3/c1-30(2,20-21-6-4-3-5-7-21)27(39)28(31(34,35)36)41-29(40)38-18-16-37(17-19-38)26(22-8-12-24(32)13-9-22)23-10-14-25(33)15-11-23/h3-15,26,28H,16-20H2,1-2H3. The number of alkyl halides is 3. The third kappa shape index (κ3) is 7.49. The van der Waals surface area contributed by atoms with Crippen molar-refractivity contribution in [2.45, 2.75) is 38.6 Å². The summed E-state index contributed by atoms with van der Waals surface area (Å²) in [7, 11) is 0. The molecule has 1 aliphatic heterocycles. The molecule has 1 heterocycles. The minimum absolute atomic E-state index is 0.0316. The van der Waals surface area contributed by atoms with Crippen molar-refractivity contribution < 1.29 is 36.3 Å². The van der Waals surface area contributed by atoms with E-state index < -0.39 is 47.2 Å². The number of hydrogen-bond donors (Lipinski definition) is 0. The topological polar surface area (TPSA) is 49.9 Å². The molecular weight excluding hydrogens is 543 g/mol. The van der Waals surface area contributed by atoms with Gasteiger partial charge in [-0.15, -0.1) is 0 Å². The van der Waals surface area contributed by atoms with Gasteiger partial charge in [-0.1, -0.05) is 68.4 Å². The number of nitrogens with zero attached hydrogens (tertiary/aromatic N) is 2. The van der Waals surface area contributed by atoms with E-state index in [0.29, 0.717) is 5.56 Å². The highest BCUT2D eigenvalue weighted by Crippen LogP contribution is 2.34. The van der Waals surface area contributed by atoms with E-state index in [-0.39, 0.29) is 32.6 Å². The third-order valence-electron chi connectivity index (χ3n) is 7.22. The van der Waals surface area contributed by atoms with Crippen LogP contribution in [0.4, 0.5) is 26.7 Å². The van der Waals surface area contributed by atoms with Gasteiger partial charge in [-0.05, 0) is 47.4 Å². The fourth-order valence-electron chi connectivity index (χ4n) is 5.06. The molecule has 0 saturated carbocycles. The monoisotopic (exact) mass is 574 g/mol. The molecule has 1 fully saturated rings. The first-order chi connectivity index (χ1) is 19.3. The molecule has 0 radical (unpaired) electrons. The van der Waals surface area contributed by atoms with E-state index in [2.05, 4.69) is 0 Å². The Balaban J connectivity index is 1.46. The molecule has 0 N–H and O–H groups in total. The van der Waals surface area contributed by atoms with Crippen molar-refractivity contribution >= 4 is 11.9 Å². The molecule has 1 aliphatic rings. The average molecular weight is 575 g/mol. The number of benzene rings is 3. The molecule has 0 aromatic heterocycles. The molecule has 3 aromatic carbocycles. The van der Waals surface area contributed by atoms with Crippen LogP contribution in [0.5, 0.6) is 0 Å². The zero-order chi connectivity index (χ0) is 29.8. The van der Waals surface area contributed by atoms with Gasteiger partial charge in [-0.2, -0.15) is 13.2 Å². The van der Waals surface area contributed by atoms with Gasteiger partial charge in [0.05, 0.1) is 6.04 Å². The van der Waals surface area contributed by atoms with Crippen LogP contribution in [0.15, 0.2) is 78.9 Å². The zero-order valence-electron chi connectivity index (χ0n) is 22.7. The second-order valence-corrected chi connectivity index (χ2v) is 10.7. The Hall–Kier alpha value is -3.79.